The van der Waals surface area contributed by atoms with Crippen LogP contribution in [0, 0.1) is 0 Å². The van der Waals surface area contributed by atoms with Gasteiger partial charge in [-0.2, -0.15) is 13.2 Å². The van der Waals surface area contributed by atoms with Crippen molar-refractivity contribution in [1.29, 1.82) is 0 Å². The Morgan fingerprint density at radius 2 is 1.84 bits per heavy atom. The fraction of sp³-hybridized carbons (Fsp3) is 0.333. The summed E-state index contributed by atoms with van der Waals surface area (Å²) in [5.41, 5.74) is 2.52. The Morgan fingerprint density at radius 1 is 1.04 bits per heavy atom. The molecule has 2 unspecified atom stereocenters. The molecule has 4 rings (SSSR count). The lowest BCUT2D eigenvalue weighted by Gasteiger charge is -2.30. The van der Waals surface area contributed by atoms with Gasteiger partial charge in [-0.3, -0.25) is 0 Å². The molecule has 4 nitrogen and oxygen atoms in total. The summed E-state index contributed by atoms with van der Waals surface area (Å²) < 4.78 is 39.5. The van der Waals surface area contributed by atoms with Crippen LogP contribution in [0.25, 0.3) is 11.0 Å². The summed E-state index contributed by atoms with van der Waals surface area (Å²) in [5.74, 6) is -1.12. The Bertz CT molecular complexity index is 873. The van der Waals surface area contributed by atoms with Gasteiger partial charge in [0.25, 0.3) is 0 Å². The summed E-state index contributed by atoms with van der Waals surface area (Å²) in [6, 6.07) is 11.6. The van der Waals surface area contributed by atoms with Crippen molar-refractivity contribution in [1.82, 2.24) is 20.3 Å². The van der Waals surface area contributed by atoms with Crippen molar-refractivity contribution in [3.63, 3.8) is 0 Å². The maximum atomic E-state index is 13.2. The number of alkyl halides is 3. The van der Waals surface area contributed by atoms with E-state index in [-0.39, 0.29) is 12.0 Å². The summed E-state index contributed by atoms with van der Waals surface area (Å²) in [6.07, 6.45) is -1.50. The first-order valence-corrected chi connectivity index (χ1v) is 8.23. The number of halogens is 3. The molecule has 130 valence electrons. The van der Waals surface area contributed by atoms with E-state index in [1.165, 1.54) is 0 Å². The first kappa shape index (κ1) is 16.1. The molecule has 7 heteroatoms. The van der Waals surface area contributed by atoms with E-state index >= 15 is 0 Å². The quantitative estimate of drug-likeness (QED) is 0.732. The number of hydrogen-bond donors (Lipinski definition) is 2. The van der Waals surface area contributed by atoms with Gasteiger partial charge in [0.2, 0.25) is 5.82 Å². The number of fused-ring (bicyclic) bond motifs is 1. The molecule has 0 radical (unpaired) electrons. The second-order valence-electron chi connectivity index (χ2n) is 6.31. The van der Waals surface area contributed by atoms with Gasteiger partial charge >= 0.3 is 6.18 Å². The van der Waals surface area contributed by atoms with Gasteiger partial charge < -0.3 is 10.3 Å². The molecule has 1 saturated heterocycles. The highest BCUT2D eigenvalue weighted by Gasteiger charge is 2.37. The first-order chi connectivity index (χ1) is 12.0. The highest BCUT2D eigenvalue weighted by Crippen LogP contribution is 2.37. The summed E-state index contributed by atoms with van der Waals surface area (Å²) >= 11 is 0. The zero-order valence-corrected chi connectivity index (χ0v) is 13.3. The molecule has 2 aromatic heterocycles. The maximum Gasteiger partial charge on any atom is 0.451 e. The second-order valence-corrected chi connectivity index (χ2v) is 6.31. The van der Waals surface area contributed by atoms with Crippen LogP contribution >= 0.6 is 0 Å². The normalized spacial score (nSPS) is 21.6. The van der Waals surface area contributed by atoms with E-state index in [0.29, 0.717) is 23.1 Å². The van der Waals surface area contributed by atoms with Gasteiger partial charge in [0, 0.05) is 18.2 Å². The van der Waals surface area contributed by atoms with Gasteiger partial charge in [-0.05, 0) is 31.0 Å². The van der Waals surface area contributed by atoms with Crippen LogP contribution in [-0.4, -0.2) is 21.5 Å². The molecule has 1 aliphatic heterocycles. The number of piperidine rings is 1. The van der Waals surface area contributed by atoms with Crippen molar-refractivity contribution in [3.05, 3.63) is 59.7 Å². The molecular weight excluding hydrogens is 329 g/mol. The molecule has 1 aromatic carbocycles. The van der Waals surface area contributed by atoms with Crippen LogP contribution in [0.5, 0.6) is 0 Å². The molecule has 0 amide bonds. The van der Waals surface area contributed by atoms with Crippen molar-refractivity contribution in [2.75, 3.05) is 6.54 Å². The zero-order chi connectivity index (χ0) is 17.4. The standard InChI is InChI=1S/C18H17F3N4/c19-18(20,21)17-24-13-7-9-23-16(13)15(25-17)12-6-8-22-14(10-12)11-4-2-1-3-5-11/h1-5,7,9,12,14,22-23H,6,8,10H2. The Labute approximate surface area is 142 Å². The van der Waals surface area contributed by atoms with Crippen LogP contribution in [-0.2, 0) is 6.18 Å². The number of rotatable bonds is 2. The number of H-pyrrole nitrogens is 1. The molecule has 2 atom stereocenters. The number of aromatic amines is 1. The van der Waals surface area contributed by atoms with Crippen molar-refractivity contribution in [2.24, 2.45) is 0 Å². The largest absolute Gasteiger partial charge is 0.451 e. The minimum absolute atomic E-state index is 0.0586. The highest BCUT2D eigenvalue weighted by molar-refractivity contribution is 5.77. The van der Waals surface area contributed by atoms with Crippen molar-refractivity contribution in [3.8, 4) is 0 Å². The molecule has 0 saturated carbocycles. The fourth-order valence-corrected chi connectivity index (χ4v) is 3.50. The minimum atomic E-state index is -4.55. The van der Waals surface area contributed by atoms with Crippen molar-refractivity contribution < 1.29 is 13.2 Å². The van der Waals surface area contributed by atoms with Gasteiger partial charge in [0.15, 0.2) is 0 Å². The van der Waals surface area contributed by atoms with Crippen LogP contribution < -0.4 is 5.32 Å². The fourth-order valence-electron chi connectivity index (χ4n) is 3.50. The van der Waals surface area contributed by atoms with Crippen LogP contribution in [0.1, 0.15) is 41.9 Å². The van der Waals surface area contributed by atoms with Gasteiger partial charge in [0.05, 0.1) is 16.7 Å². The van der Waals surface area contributed by atoms with E-state index in [1.807, 2.05) is 30.3 Å². The first-order valence-electron chi connectivity index (χ1n) is 8.23. The lowest BCUT2D eigenvalue weighted by atomic mass is 9.86. The Kier molecular flexibility index (Phi) is 3.95. The van der Waals surface area contributed by atoms with E-state index in [0.717, 1.165) is 18.5 Å². The summed E-state index contributed by atoms with van der Waals surface area (Å²) in [7, 11) is 0. The second kappa shape index (κ2) is 6.15. The lowest BCUT2D eigenvalue weighted by molar-refractivity contribution is -0.144. The highest BCUT2D eigenvalue weighted by atomic mass is 19.4. The zero-order valence-electron chi connectivity index (χ0n) is 13.3. The van der Waals surface area contributed by atoms with Gasteiger partial charge in [-0.15, -0.1) is 0 Å². The molecule has 0 spiro atoms. The maximum absolute atomic E-state index is 13.2. The molecule has 1 fully saturated rings. The van der Waals surface area contributed by atoms with E-state index in [2.05, 4.69) is 20.3 Å². The lowest BCUT2D eigenvalue weighted by Crippen LogP contribution is -2.31. The number of nitrogens with zero attached hydrogens (tertiary/aromatic N) is 2. The average molecular weight is 346 g/mol. The van der Waals surface area contributed by atoms with Gasteiger partial charge in [-0.25, -0.2) is 9.97 Å². The van der Waals surface area contributed by atoms with Crippen LogP contribution in [0.4, 0.5) is 13.2 Å². The van der Waals surface area contributed by atoms with Crippen LogP contribution in [0.15, 0.2) is 42.6 Å². The molecule has 3 aromatic rings. The minimum Gasteiger partial charge on any atom is -0.358 e. The molecule has 25 heavy (non-hydrogen) atoms. The third-order valence-corrected chi connectivity index (χ3v) is 4.68. The van der Waals surface area contributed by atoms with E-state index in [1.54, 1.807) is 12.3 Å². The molecule has 2 N–H and O–H groups in total. The summed E-state index contributed by atoms with van der Waals surface area (Å²) in [6.45, 7) is 0.734. The number of aromatic nitrogens is 3. The van der Waals surface area contributed by atoms with E-state index < -0.39 is 12.0 Å². The van der Waals surface area contributed by atoms with Gasteiger partial charge in [0.1, 0.15) is 0 Å². The SMILES string of the molecule is FC(F)(F)c1nc(C2CCNC(c3ccccc3)C2)c2[nH]ccc2n1. The van der Waals surface area contributed by atoms with Crippen molar-refractivity contribution in [2.45, 2.75) is 31.0 Å². The van der Waals surface area contributed by atoms with Crippen LogP contribution in [0.3, 0.4) is 0 Å². The number of hydrogen-bond acceptors (Lipinski definition) is 3. The molecule has 0 bridgehead atoms. The number of benzene rings is 1. The summed E-state index contributed by atoms with van der Waals surface area (Å²) in [5, 5.41) is 3.45. The smallest absolute Gasteiger partial charge is 0.358 e. The van der Waals surface area contributed by atoms with Crippen LogP contribution in [0.2, 0.25) is 0 Å². The third kappa shape index (κ3) is 3.11. The predicted molar refractivity (Wildman–Crippen MR) is 88.1 cm³/mol. The topological polar surface area (TPSA) is 53.6 Å². The Hall–Kier alpha value is -2.41. The van der Waals surface area contributed by atoms with E-state index in [4.69, 9.17) is 0 Å². The monoisotopic (exact) mass is 346 g/mol. The molecular formula is C18H17F3N4. The number of nitrogens with one attached hydrogen (secondary N) is 2. The molecule has 3 heterocycles. The Balaban J connectivity index is 1.72. The molecule has 1 aliphatic rings. The summed E-state index contributed by atoms with van der Waals surface area (Å²) in [4.78, 5) is 10.6. The van der Waals surface area contributed by atoms with Gasteiger partial charge in [-0.1, -0.05) is 30.3 Å². The average Bonchev–Trinajstić information content (AvgIpc) is 3.10. The third-order valence-electron chi connectivity index (χ3n) is 4.68. The predicted octanol–water partition coefficient (Wildman–Crippen LogP) is 4.19. The van der Waals surface area contributed by atoms with E-state index in [9.17, 15) is 13.2 Å². The Morgan fingerprint density at radius 3 is 2.60 bits per heavy atom. The van der Waals surface area contributed by atoms with Crippen molar-refractivity contribution >= 4 is 11.0 Å². The molecule has 0 aliphatic carbocycles.